The highest BCUT2D eigenvalue weighted by molar-refractivity contribution is 7.46. The topological polar surface area (TPSA) is 215 Å². The minimum Gasteiger partial charge on any atom is -0.387 e. The average Bonchev–Trinajstić information content (AvgIpc) is 3.14. The number of anilines is 1. The monoisotopic (exact) mass is 418 g/mol. The third-order valence-electron chi connectivity index (χ3n) is 4.13. The molecule has 1 amide bonds. The first-order valence-corrected chi connectivity index (χ1v) is 9.54. The molecule has 2 aromatic rings. The van der Waals surface area contributed by atoms with Crippen LogP contribution in [-0.2, 0) is 18.6 Å². The smallest absolute Gasteiger partial charge is 0.387 e. The number of rotatable bonds is 6. The van der Waals surface area contributed by atoms with E-state index in [0.29, 0.717) is 0 Å². The van der Waals surface area contributed by atoms with Gasteiger partial charge < -0.3 is 35.8 Å². The summed E-state index contributed by atoms with van der Waals surface area (Å²) in [5.41, 5.74) is 6.19. The van der Waals surface area contributed by atoms with Gasteiger partial charge in [0.25, 0.3) is 0 Å². The molecule has 0 aromatic carbocycles. The van der Waals surface area contributed by atoms with Gasteiger partial charge in [0.05, 0.1) is 6.33 Å². The number of carbonyl (C=O) groups is 1. The Hall–Kier alpha value is -2.19. The normalized spacial score (nSPS) is 26.5. The summed E-state index contributed by atoms with van der Waals surface area (Å²) in [6.45, 7) is 0.821. The molecule has 0 radical (unpaired) electrons. The predicted octanol–water partition coefficient (Wildman–Crippen LogP) is -2.36. The van der Waals surface area contributed by atoms with Crippen LogP contribution in [0, 0.1) is 0 Å². The van der Waals surface area contributed by atoms with Gasteiger partial charge in [0.2, 0.25) is 5.91 Å². The fraction of sp³-hybridized carbons (Fsp3) is 0.538. The van der Waals surface area contributed by atoms with Gasteiger partial charge in [-0.25, -0.2) is 19.5 Å². The minimum absolute atomic E-state index is 0.0988. The summed E-state index contributed by atoms with van der Waals surface area (Å²) in [4.78, 5) is 41.2. The fourth-order valence-electron chi connectivity index (χ4n) is 2.91. The number of ether oxygens (including phenoxy) is 1. The quantitative estimate of drug-likeness (QED) is 0.272. The predicted molar refractivity (Wildman–Crippen MR) is 91.3 cm³/mol. The number of aliphatic hydroxyl groups is 2. The molecule has 14 nitrogen and oxygen atoms in total. The molecule has 0 bridgehead atoms. The van der Waals surface area contributed by atoms with Crippen LogP contribution in [0.1, 0.15) is 13.2 Å². The highest BCUT2D eigenvalue weighted by Gasteiger charge is 2.49. The molecule has 0 unspecified atom stereocenters. The summed E-state index contributed by atoms with van der Waals surface area (Å²) in [5, 5.41) is 23.1. The molecule has 3 heterocycles. The zero-order valence-corrected chi connectivity index (χ0v) is 15.4. The van der Waals surface area contributed by atoms with Crippen LogP contribution in [-0.4, -0.2) is 76.4 Å². The van der Waals surface area contributed by atoms with Crippen LogP contribution in [0.2, 0.25) is 0 Å². The molecule has 15 heteroatoms. The lowest BCUT2D eigenvalue weighted by atomic mass is 10.1. The molecule has 0 aliphatic carbocycles. The summed E-state index contributed by atoms with van der Waals surface area (Å²) in [6, 6.07) is 0. The maximum atomic E-state index is 11.3. The maximum Gasteiger partial charge on any atom is 0.470 e. The number of imidazole rings is 1. The molecule has 1 saturated heterocycles. The van der Waals surface area contributed by atoms with Crippen molar-refractivity contribution >= 4 is 30.7 Å². The van der Waals surface area contributed by atoms with Gasteiger partial charge in [-0.2, -0.15) is 0 Å². The molecule has 7 N–H and O–H groups in total. The zero-order chi connectivity index (χ0) is 20.6. The number of aromatic nitrogens is 4. The Morgan fingerprint density at radius 1 is 1.39 bits per heavy atom. The lowest BCUT2D eigenvalue weighted by Crippen LogP contribution is -2.45. The van der Waals surface area contributed by atoms with E-state index in [1.165, 1.54) is 24.1 Å². The van der Waals surface area contributed by atoms with Crippen molar-refractivity contribution in [3.63, 3.8) is 0 Å². The maximum absolute atomic E-state index is 11.3. The Bertz CT molecular complexity index is 918. The Morgan fingerprint density at radius 2 is 2.11 bits per heavy atom. The second kappa shape index (κ2) is 7.67. The number of nitrogen functional groups attached to an aromatic ring is 1. The number of aliphatic hydroxyl groups excluding tert-OH is 2. The van der Waals surface area contributed by atoms with E-state index in [0.717, 1.165) is 0 Å². The summed E-state index contributed by atoms with van der Waals surface area (Å²) in [7, 11) is -4.99. The van der Waals surface area contributed by atoms with Crippen LogP contribution in [0.3, 0.4) is 0 Å². The van der Waals surface area contributed by atoms with Gasteiger partial charge in [0, 0.05) is 13.5 Å². The fourth-order valence-corrected chi connectivity index (χ4v) is 3.46. The van der Waals surface area contributed by atoms with Crippen LogP contribution in [0.25, 0.3) is 11.2 Å². The SMILES string of the molecule is CC(=O)NC[C@@H](OP(=O)(O)O)[C@H]1O[C@@H](n2cnc3c(N)ncnc32)[C@H](O)[C@@H]1O. The van der Waals surface area contributed by atoms with Crippen LogP contribution in [0.5, 0.6) is 0 Å². The Morgan fingerprint density at radius 3 is 2.75 bits per heavy atom. The minimum atomic E-state index is -4.99. The van der Waals surface area contributed by atoms with Crippen LogP contribution in [0.15, 0.2) is 12.7 Å². The summed E-state index contributed by atoms with van der Waals surface area (Å²) < 4.78 is 22.8. The van der Waals surface area contributed by atoms with Crippen molar-refractivity contribution in [3.8, 4) is 0 Å². The summed E-state index contributed by atoms with van der Waals surface area (Å²) in [5.74, 6) is -0.390. The first kappa shape index (κ1) is 20.5. The second-order valence-electron chi connectivity index (χ2n) is 6.13. The van der Waals surface area contributed by atoms with E-state index in [4.69, 9.17) is 20.3 Å². The molecule has 5 atom stereocenters. The summed E-state index contributed by atoms with van der Waals surface area (Å²) in [6.07, 6.45) is -4.69. The van der Waals surface area contributed by atoms with Crippen molar-refractivity contribution in [3.05, 3.63) is 12.7 Å². The second-order valence-corrected chi connectivity index (χ2v) is 7.32. The van der Waals surface area contributed by atoms with Gasteiger partial charge in [-0.15, -0.1) is 0 Å². The number of phosphoric acid groups is 1. The third-order valence-corrected chi connectivity index (χ3v) is 4.67. The van der Waals surface area contributed by atoms with Crippen molar-refractivity contribution in [1.29, 1.82) is 0 Å². The molecule has 1 aliphatic rings. The Labute approximate surface area is 157 Å². The van der Waals surface area contributed by atoms with Crippen molar-refractivity contribution < 1.29 is 38.6 Å². The van der Waals surface area contributed by atoms with Gasteiger partial charge in [-0.05, 0) is 0 Å². The number of nitrogens with one attached hydrogen (secondary N) is 1. The lowest BCUT2D eigenvalue weighted by Gasteiger charge is -2.26. The molecule has 28 heavy (non-hydrogen) atoms. The lowest BCUT2D eigenvalue weighted by molar-refractivity contribution is -0.120. The van der Waals surface area contributed by atoms with E-state index in [1.807, 2.05) is 0 Å². The van der Waals surface area contributed by atoms with Crippen molar-refractivity contribution in [2.75, 3.05) is 12.3 Å². The van der Waals surface area contributed by atoms with E-state index in [-0.39, 0.29) is 23.5 Å². The molecule has 1 aliphatic heterocycles. The largest absolute Gasteiger partial charge is 0.470 e. The molecule has 1 fully saturated rings. The number of hydrogen-bond acceptors (Lipinski definition) is 10. The van der Waals surface area contributed by atoms with Crippen LogP contribution in [0.4, 0.5) is 5.82 Å². The number of phosphoric ester groups is 1. The van der Waals surface area contributed by atoms with E-state index >= 15 is 0 Å². The van der Waals surface area contributed by atoms with E-state index in [2.05, 4.69) is 24.8 Å². The highest BCUT2D eigenvalue weighted by Crippen LogP contribution is 2.42. The standard InChI is InChI=1S/C13H19N6O8P/c1-5(20)15-2-6(27-28(23,24)25)10-8(21)9(22)13(26-10)19-4-18-7-11(14)16-3-17-12(7)19/h3-4,6,8-10,13,21-22H,2H2,1H3,(H,15,20)(H2,14,16,17)(H2,23,24,25)/t6-,8+,9-,10-,13-/m1/s1. The highest BCUT2D eigenvalue weighted by atomic mass is 31.2. The number of nitrogens with two attached hydrogens (primary N) is 1. The first-order valence-electron chi connectivity index (χ1n) is 8.01. The molecule has 154 valence electrons. The number of nitrogens with zero attached hydrogens (tertiary/aromatic N) is 4. The van der Waals surface area contributed by atoms with Gasteiger partial charge in [-0.3, -0.25) is 13.9 Å². The Kier molecular flexibility index (Phi) is 5.63. The number of fused-ring (bicyclic) bond motifs is 1. The van der Waals surface area contributed by atoms with Crippen LogP contribution < -0.4 is 11.1 Å². The molecule has 0 spiro atoms. The zero-order valence-electron chi connectivity index (χ0n) is 14.5. The van der Waals surface area contributed by atoms with Crippen LogP contribution >= 0.6 is 7.82 Å². The van der Waals surface area contributed by atoms with Crippen molar-refractivity contribution in [1.82, 2.24) is 24.8 Å². The number of carbonyl (C=O) groups excluding carboxylic acids is 1. The van der Waals surface area contributed by atoms with E-state index in [9.17, 15) is 19.6 Å². The van der Waals surface area contributed by atoms with Gasteiger partial charge >= 0.3 is 7.82 Å². The molecule has 2 aromatic heterocycles. The third kappa shape index (κ3) is 4.12. The van der Waals surface area contributed by atoms with Gasteiger partial charge in [-0.1, -0.05) is 0 Å². The van der Waals surface area contributed by atoms with Crippen molar-refractivity contribution in [2.45, 2.75) is 37.6 Å². The number of hydrogen-bond donors (Lipinski definition) is 6. The molecular formula is C13H19N6O8P. The molecular weight excluding hydrogens is 399 g/mol. The van der Waals surface area contributed by atoms with E-state index < -0.39 is 44.4 Å². The Balaban J connectivity index is 1.89. The first-order chi connectivity index (χ1) is 13.1. The number of amides is 1. The van der Waals surface area contributed by atoms with E-state index in [1.54, 1.807) is 0 Å². The molecule has 0 saturated carbocycles. The van der Waals surface area contributed by atoms with Gasteiger partial charge in [0.1, 0.15) is 36.3 Å². The average molecular weight is 418 g/mol. The van der Waals surface area contributed by atoms with Crippen molar-refractivity contribution in [2.24, 2.45) is 0 Å². The summed E-state index contributed by atoms with van der Waals surface area (Å²) >= 11 is 0. The van der Waals surface area contributed by atoms with Gasteiger partial charge in [0.15, 0.2) is 17.7 Å². The molecule has 3 rings (SSSR count).